The van der Waals surface area contributed by atoms with Gasteiger partial charge in [-0.25, -0.2) is 9.37 Å². The van der Waals surface area contributed by atoms with Crippen molar-refractivity contribution in [3.05, 3.63) is 54.3 Å². The number of ether oxygens (including phenoxy) is 2. The summed E-state index contributed by atoms with van der Waals surface area (Å²) in [6.45, 7) is -1.37. The van der Waals surface area contributed by atoms with Crippen LogP contribution in [0.15, 0.2) is 53.5 Å². The van der Waals surface area contributed by atoms with Crippen LogP contribution in [0.25, 0.3) is 11.1 Å². The molecule has 1 aromatic carbocycles. The second-order valence-electron chi connectivity index (χ2n) is 4.96. The Morgan fingerprint density at radius 3 is 2.69 bits per heavy atom. The molecule has 0 atom stereocenters. The Morgan fingerprint density at radius 2 is 2.04 bits per heavy atom. The van der Waals surface area contributed by atoms with Crippen LogP contribution < -0.4 is 15.2 Å². The lowest BCUT2D eigenvalue weighted by Crippen LogP contribution is -2.12. The quantitative estimate of drug-likeness (QED) is 0.479. The molecule has 0 bridgehead atoms. The molecule has 2 aromatic rings. The van der Waals surface area contributed by atoms with E-state index < -0.39 is 18.5 Å². The van der Waals surface area contributed by atoms with Crippen molar-refractivity contribution >= 4 is 6.21 Å². The number of aromatic nitrogens is 1. The normalized spacial score (nSPS) is 12.4. The molecule has 0 amide bonds. The van der Waals surface area contributed by atoms with Crippen LogP contribution in [0.2, 0.25) is 0 Å². The van der Waals surface area contributed by atoms with E-state index in [9.17, 15) is 17.6 Å². The van der Waals surface area contributed by atoms with Gasteiger partial charge in [-0.05, 0) is 30.3 Å². The van der Waals surface area contributed by atoms with Crippen LogP contribution in [0.3, 0.4) is 0 Å². The molecule has 26 heavy (non-hydrogen) atoms. The largest absolute Gasteiger partial charge is 0.496 e. The summed E-state index contributed by atoms with van der Waals surface area (Å²) >= 11 is 0. The molecule has 5 nitrogen and oxygen atoms in total. The Balaban J connectivity index is 2.34. The Kier molecular flexibility index (Phi) is 6.16. The number of benzene rings is 1. The fourth-order valence-corrected chi connectivity index (χ4v) is 2.02. The molecule has 0 saturated heterocycles. The van der Waals surface area contributed by atoms with E-state index in [1.807, 2.05) is 0 Å². The highest BCUT2D eigenvalue weighted by molar-refractivity contribution is 5.79. The Bertz CT molecular complexity index is 820. The Morgan fingerprint density at radius 1 is 1.27 bits per heavy atom. The highest BCUT2D eigenvalue weighted by Gasteiger charge is 2.26. The van der Waals surface area contributed by atoms with Gasteiger partial charge < -0.3 is 15.2 Å². The van der Waals surface area contributed by atoms with Gasteiger partial charge in [-0.15, -0.1) is 0 Å². The number of aliphatic imine (C=N–C) groups is 1. The van der Waals surface area contributed by atoms with Crippen LogP contribution in [0.1, 0.15) is 0 Å². The molecule has 0 aliphatic heterocycles. The Hall–Kier alpha value is -3.10. The van der Waals surface area contributed by atoms with Crippen molar-refractivity contribution in [1.29, 1.82) is 0 Å². The van der Waals surface area contributed by atoms with Crippen LogP contribution in [-0.4, -0.2) is 31.0 Å². The number of nitrogens with zero attached hydrogens (tertiary/aromatic N) is 2. The van der Waals surface area contributed by atoms with Crippen LogP contribution in [0.5, 0.6) is 11.6 Å². The number of hydrogen-bond acceptors (Lipinski definition) is 5. The topological polar surface area (TPSA) is 69.7 Å². The maximum absolute atomic E-state index is 13.6. The van der Waals surface area contributed by atoms with Crippen molar-refractivity contribution in [1.82, 2.24) is 4.98 Å². The summed E-state index contributed by atoms with van der Waals surface area (Å²) in [5, 5.41) is 0. The summed E-state index contributed by atoms with van der Waals surface area (Å²) in [4.78, 5) is 7.25. The van der Waals surface area contributed by atoms with E-state index in [0.29, 0.717) is 16.9 Å². The van der Waals surface area contributed by atoms with E-state index in [-0.39, 0.29) is 11.6 Å². The first-order chi connectivity index (χ1) is 12.3. The minimum Gasteiger partial charge on any atom is -0.496 e. The van der Waals surface area contributed by atoms with Gasteiger partial charge in [0.2, 0.25) is 5.88 Å². The summed E-state index contributed by atoms with van der Waals surface area (Å²) in [6, 6.07) is 7.09. The van der Waals surface area contributed by atoms with Gasteiger partial charge in [-0.3, -0.25) is 4.99 Å². The number of allylic oxidation sites excluding steroid dienone is 1. The van der Waals surface area contributed by atoms with Crippen molar-refractivity contribution < 1.29 is 27.0 Å². The number of nitrogens with two attached hydrogens (primary N) is 1. The van der Waals surface area contributed by atoms with Crippen LogP contribution in [-0.2, 0) is 0 Å². The lowest BCUT2D eigenvalue weighted by atomic mass is 10.1. The molecule has 2 rings (SSSR count). The molecule has 0 saturated carbocycles. The second-order valence-corrected chi connectivity index (χ2v) is 4.96. The molecule has 0 aliphatic rings. The first kappa shape index (κ1) is 19.2. The SMILES string of the molecule is COc1ccc(F)cc1-c1cccnc1OC(/C=N\CC(F)(F)F)=C/N. The summed E-state index contributed by atoms with van der Waals surface area (Å²) < 4.78 is 60.8. The van der Waals surface area contributed by atoms with E-state index in [2.05, 4.69) is 9.98 Å². The van der Waals surface area contributed by atoms with Gasteiger partial charge in [0.1, 0.15) is 18.1 Å². The average Bonchev–Trinajstić information content (AvgIpc) is 2.60. The summed E-state index contributed by atoms with van der Waals surface area (Å²) in [7, 11) is 1.42. The number of rotatable bonds is 6. The molecule has 0 unspecified atom stereocenters. The maximum Gasteiger partial charge on any atom is 0.407 e. The Labute approximate surface area is 146 Å². The van der Waals surface area contributed by atoms with Gasteiger partial charge in [-0.2, -0.15) is 13.2 Å². The third-order valence-electron chi connectivity index (χ3n) is 3.09. The molecule has 138 valence electrons. The van der Waals surface area contributed by atoms with Crippen LogP contribution in [0.4, 0.5) is 17.6 Å². The molecule has 2 N–H and O–H groups in total. The zero-order chi connectivity index (χ0) is 19.2. The predicted octanol–water partition coefficient (Wildman–Crippen LogP) is 3.71. The molecule has 0 aliphatic carbocycles. The number of hydrogen-bond donors (Lipinski definition) is 1. The molecule has 0 fully saturated rings. The minimum absolute atomic E-state index is 0.00607. The number of alkyl halides is 3. The number of halogens is 4. The van der Waals surface area contributed by atoms with E-state index in [0.717, 1.165) is 12.4 Å². The molecule has 1 heterocycles. The fraction of sp³-hybridized carbons (Fsp3) is 0.176. The molecular formula is C17H15F4N3O2. The van der Waals surface area contributed by atoms with Crippen LogP contribution >= 0.6 is 0 Å². The van der Waals surface area contributed by atoms with E-state index in [1.54, 1.807) is 12.1 Å². The molecular weight excluding hydrogens is 354 g/mol. The molecule has 0 spiro atoms. The van der Waals surface area contributed by atoms with E-state index >= 15 is 0 Å². The molecule has 1 aromatic heterocycles. The van der Waals surface area contributed by atoms with Gasteiger partial charge in [0.05, 0.1) is 13.3 Å². The number of pyridine rings is 1. The molecule has 9 heteroatoms. The van der Waals surface area contributed by atoms with Crippen molar-refractivity contribution in [2.24, 2.45) is 10.7 Å². The fourth-order valence-electron chi connectivity index (χ4n) is 2.02. The van der Waals surface area contributed by atoms with Gasteiger partial charge in [0, 0.05) is 23.5 Å². The smallest absolute Gasteiger partial charge is 0.407 e. The average molecular weight is 369 g/mol. The van der Waals surface area contributed by atoms with Crippen molar-refractivity contribution in [2.45, 2.75) is 6.18 Å². The van der Waals surface area contributed by atoms with Crippen molar-refractivity contribution in [3.63, 3.8) is 0 Å². The van der Waals surface area contributed by atoms with E-state index in [1.165, 1.54) is 31.5 Å². The zero-order valence-electron chi connectivity index (χ0n) is 13.6. The van der Waals surface area contributed by atoms with Gasteiger partial charge >= 0.3 is 6.18 Å². The molecule has 0 radical (unpaired) electrons. The monoisotopic (exact) mass is 369 g/mol. The summed E-state index contributed by atoms with van der Waals surface area (Å²) in [5.41, 5.74) is 6.10. The lowest BCUT2D eigenvalue weighted by Gasteiger charge is -2.13. The first-order valence-electron chi connectivity index (χ1n) is 7.29. The third-order valence-corrected chi connectivity index (χ3v) is 3.09. The highest BCUT2D eigenvalue weighted by atomic mass is 19.4. The van der Waals surface area contributed by atoms with Crippen molar-refractivity contribution in [2.75, 3.05) is 13.7 Å². The van der Waals surface area contributed by atoms with Crippen LogP contribution in [0, 0.1) is 5.82 Å². The van der Waals surface area contributed by atoms with Gasteiger partial charge in [-0.1, -0.05) is 0 Å². The highest BCUT2D eigenvalue weighted by Crippen LogP contribution is 2.36. The standard InChI is InChI=1S/C17H15F4N3O2/c1-25-15-5-4-11(18)7-14(15)13-3-2-6-24-16(13)26-12(8-22)9-23-10-17(19,20)21/h2-9H,10,22H2,1H3/b12-8+,23-9-. The van der Waals surface area contributed by atoms with E-state index in [4.69, 9.17) is 15.2 Å². The first-order valence-corrected chi connectivity index (χ1v) is 7.29. The predicted molar refractivity (Wildman–Crippen MR) is 88.5 cm³/mol. The summed E-state index contributed by atoms with van der Waals surface area (Å²) in [6.07, 6.45) is -1.25. The second kappa shape index (κ2) is 8.32. The maximum atomic E-state index is 13.6. The lowest BCUT2D eigenvalue weighted by molar-refractivity contribution is -0.118. The van der Waals surface area contributed by atoms with Gasteiger partial charge in [0.25, 0.3) is 0 Å². The zero-order valence-corrected chi connectivity index (χ0v) is 13.6. The van der Waals surface area contributed by atoms with Crippen molar-refractivity contribution in [3.8, 4) is 22.8 Å². The minimum atomic E-state index is -4.44. The number of methoxy groups -OCH3 is 1. The summed E-state index contributed by atoms with van der Waals surface area (Å²) in [5.74, 6) is -0.277. The third kappa shape index (κ3) is 5.20. The van der Waals surface area contributed by atoms with Gasteiger partial charge in [0.15, 0.2) is 5.76 Å².